The smallest absolute Gasteiger partial charge is 0.408 e. The first-order valence-corrected chi connectivity index (χ1v) is 15.1. The van der Waals surface area contributed by atoms with Crippen LogP contribution in [0.15, 0.2) is 91.0 Å². The maximum absolute atomic E-state index is 14.8. The number of nitrogens with one attached hydrogen (secondary N) is 2. The van der Waals surface area contributed by atoms with E-state index in [-0.39, 0.29) is 12.2 Å². The molecule has 0 aliphatic carbocycles. The van der Waals surface area contributed by atoms with E-state index in [4.69, 9.17) is 11.2 Å². The van der Waals surface area contributed by atoms with Gasteiger partial charge in [0, 0.05) is 23.2 Å². The summed E-state index contributed by atoms with van der Waals surface area (Å²) in [6, 6.07) is 24.5. The quantitative estimate of drug-likeness (QED) is 0.185. The zero-order valence-corrected chi connectivity index (χ0v) is 27.1. The molecule has 4 aromatic rings. The minimum absolute atomic E-state index is 0.0689. The number of terminal acetylenes is 1. The molecule has 0 fully saturated rings. The Kier molecular flexibility index (Phi) is 10.1. The number of rotatable bonds is 8. The second-order valence-electron chi connectivity index (χ2n) is 13.1. The zero-order chi connectivity index (χ0) is 33.6. The molecular weight excluding hydrogens is 578 g/mol. The van der Waals surface area contributed by atoms with Crippen LogP contribution in [0.3, 0.4) is 0 Å². The summed E-state index contributed by atoms with van der Waals surface area (Å²) in [6.07, 6.45) is 5.20. The van der Waals surface area contributed by atoms with Crippen LogP contribution in [0.25, 0.3) is 10.8 Å². The van der Waals surface area contributed by atoms with Crippen LogP contribution >= 0.6 is 0 Å². The number of amides is 3. The van der Waals surface area contributed by atoms with Gasteiger partial charge in [-0.25, -0.2) is 4.79 Å². The standard InChI is InChI=1S/C38H41N3O5/c1-8-26-13-11-12-16-31(26)33(34(43)39-29-20-19-27-14-9-10-15-28(27)24-29)41(37(2,3)4)35(44)32(40-36(45)46-38(5,6)7)23-25-17-21-30(42)22-18-25/h1,9-22,24,32-33,42H,23H2,2-7H3,(H,39,43)(H,40,45). The van der Waals surface area contributed by atoms with Crippen molar-refractivity contribution in [2.24, 2.45) is 0 Å². The highest BCUT2D eigenvalue weighted by atomic mass is 16.6. The molecule has 2 atom stereocenters. The van der Waals surface area contributed by atoms with Gasteiger partial charge in [0.2, 0.25) is 5.91 Å². The molecule has 3 N–H and O–H groups in total. The van der Waals surface area contributed by atoms with Crippen molar-refractivity contribution in [1.82, 2.24) is 10.2 Å². The van der Waals surface area contributed by atoms with E-state index in [1.165, 1.54) is 17.0 Å². The van der Waals surface area contributed by atoms with E-state index in [1.807, 2.05) is 63.2 Å². The molecule has 0 aromatic heterocycles. The van der Waals surface area contributed by atoms with Gasteiger partial charge in [-0.1, -0.05) is 66.6 Å². The number of carbonyl (C=O) groups is 3. The van der Waals surface area contributed by atoms with Crippen molar-refractivity contribution in [1.29, 1.82) is 0 Å². The fourth-order valence-corrected chi connectivity index (χ4v) is 5.27. The molecule has 4 aromatic carbocycles. The van der Waals surface area contributed by atoms with Crippen LogP contribution in [-0.2, 0) is 20.7 Å². The van der Waals surface area contributed by atoms with Crippen molar-refractivity contribution in [3.05, 3.63) is 108 Å². The summed E-state index contributed by atoms with van der Waals surface area (Å²) in [5.41, 5.74) is 0.426. The van der Waals surface area contributed by atoms with Crippen molar-refractivity contribution >= 4 is 34.4 Å². The number of anilines is 1. The predicted molar refractivity (Wildman–Crippen MR) is 181 cm³/mol. The average molecular weight is 620 g/mol. The van der Waals surface area contributed by atoms with E-state index in [0.29, 0.717) is 22.4 Å². The molecule has 2 unspecified atom stereocenters. The van der Waals surface area contributed by atoms with Gasteiger partial charge in [0.25, 0.3) is 5.91 Å². The molecule has 8 heteroatoms. The van der Waals surface area contributed by atoms with Crippen LogP contribution in [0.4, 0.5) is 10.5 Å². The lowest BCUT2D eigenvalue weighted by Crippen LogP contribution is -2.58. The van der Waals surface area contributed by atoms with Crippen molar-refractivity contribution in [3.63, 3.8) is 0 Å². The molecule has 0 aliphatic heterocycles. The normalized spacial score (nSPS) is 12.8. The van der Waals surface area contributed by atoms with Crippen LogP contribution in [0.5, 0.6) is 5.75 Å². The second kappa shape index (κ2) is 13.8. The summed E-state index contributed by atoms with van der Waals surface area (Å²) in [4.78, 5) is 43.7. The number of ether oxygens (including phenoxy) is 1. The van der Waals surface area contributed by atoms with Crippen molar-refractivity contribution in [2.45, 2.75) is 71.2 Å². The lowest BCUT2D eigenvalue weighted by atomic mass is 9.92. The van der Waals surface area contributed by atoms with Gasteiger partial charge in [-0.15, -0.1) is 6.42 Å². The number of aromatic hydroxyl groups is 1. The largest absolute Gasteiger partial charge is 0.508 e. The topological polar surface area (TPSA) is 108 Å². The highest BCUT2D eigenvalue weighted by Crippen LogP contribution is 2.33. The predicted octanol–water partition coefficient (Wildman–Crippen LogP) is 6.97. The highest BCUT2D eigenvalue weighted by Gasteiger charge is 2.42. The Morgan fingerprint density at radius 2 is 1.50 bits per heavy atom. The lowest BCUT2D eigenvalue weighted by Gasteiger charge is -2.43. The Hall–Kier alpha value is -5.29. The summed E-state index contributed by atoms with van der Waals surface area (Å²) in [5, 5.41) is 17.6. The molecule has 0 saturated heterocycles. The highest BCUT2D eigenvalue weighted by molar-refractivity contribution is 6.01. The Labute approximate surface area is 270 Å². The maximum atomic E-state index is 14.8. The molecule has 0 spiro atoms. The van der Waals surface area contributed by atoms with Crippen LogP contribution < -0.4 is 10.6 Å². The number of carbonyl (C=O) groups excluding carboxylic acids is 3. The van der Waals surface area contributed by atoms with Gasteiger partial charge in [0.05, 0.1) is 0 Å². The lowest BCUT2D eigenvalue weighted by molar-refractivity contribution is -0.146. The Morgan fingerprint density at radius 1 is 0.870 bits per heavy atom. The van der Waals surface area contributed by atoms with Crippen LogP contribution in [0.2, 0.25) is 0 Å². The monoisotopic (exact) mass is 619 g/mol. The second-order valence-corrected chi connectivity index (χ2v) is 13.1. The van der Waals surface area contributed by atoms with Crippen molar-refractivity contribution < 1.29 is 24.2 Å². The van der Waals surface area contributed by atoms with Gasteiger partial charge in [0.15, 0.2) is 0 Å². The number of fused-ring (bicyclic) bond motifs is 1. The molecule has 0 aliphatic rings. The summed E-state index contributed by atoms with van der Waals surface area (Å²) in [5.74, 6) is 1.75. The molecule has 0 heterocycles. The number of hydrogen-bond acceptors (Lipinski definition) is 5. The van der Waals surface area contributed by atoms with Gasteiger partial charge < -0.3 is 25.4 Å². The third-order valence-electron chi connectivity index (χ3n) is 7.26. The van der Waals surface area contributed by atoms with Crippen molar-refractivity contribution in [3.8, 4) is 18.1 Å². The molecule has 4 rings (SSSR count). The third kappa shape index (κ3) is 8.45. The molecule has 0 radical (unpaired) electrons. The minimum Gasteiger partial charge on any atom is -0.508 e. The SMILES string of the molecule is C#Cc1ccccc1C(C(=O)Nc1ccc2ccccc2c1)N(C(=O)C(Cc1ccc(O)cc1)NC(=O)OC(C)(C)C)C(C)(C)C. The zero-order valence-electron chi connectivity index (χ0n) is 27.1. The molecule has 46 heavy (non-hydrogen) atoms. The van der Waals surface area contributed by atoms with E-state index in [0.717, 1.165) is 10.8 Å². The van der Waals surface area contributed by atoms with Gasteiger partial charge in [0.1, 0.15) is 23.4 Å². The Morgan fingerprint density at radius 3 is 2.13 bits per heavy atom. The van der Waals surface area contributed by atoms with E-state index in [2.05, 4.69) is 16.6 Å². The fourth-order valence-electron chi connectivity index (χ4n) is 5.27. The van der Waals surface area contributed by atoms with E-state index < -0.39 is 41.1 Å². The summed E-state index contributed by atoms with van der Waals surface area (Å²) >= 11 is 0. The first kappa shape index (κ1) is 33.6. The van der Waals surface area contributed by atoms with E-state index >= 15 is 0 Å². The van der Waals surface area contributed by atoms with Gasteiger partial charge in [-0.05, 0) is 93.8 Å². The molecule has 3 amide bonds. The van der Waals surface area contributed by atoms with Gasteiger partial charge >= 0.3 is 6.09 Å². The number of hydrogen-bond donors (Lipinski definition) is 3. The summed E-state index contributed by atoms with van der Waals surface area (Å²) < 4.78 is 5.52. The summed E-state index contributed by atoms with van der Waals surface area (Å²) in [7, 11) is 0. The number of alkyl carbamates (subject to hydrolysis) is 1. The van der Waals surface area contributed by atoms with E-state index in [1.54, 1.807) is 57.2 Å². The van der Waals surface area contributed by atoms with Crippen LogP contribution in [0.1, 0.15) is 64.3 Å². The van der Waals surface area contributed by atoms with Crippen LogP contribution in [0, 0.1) is 12.3 Å². The maximum Gasteiger partial charge on any atom is 0.408 e. The molecule has 8 nitrogen and oxygen atoms in total. The summed E-state index contributed by atoms with van der Waals surface area (Å²) in [6.45, 7) is 10.7. The molecule has 0 bridgehead atoms. The first-order chi connectivity index (χ1) is 21.7. The molecular formula is C38H41N3O5. The average Bonchev–Trinajstić information content (AvgIpc) is 2.98. The number of phenols is 1. The first-order valence-electron chi connectivity index (χ1n) is 15.1. The minimum atomic E-state index is -1.17. The van der Waals surface area contributed by atoms with Crippen LogP contribution in [-0.4, -0.2) is 45.1 Å². The van der Waals surface area contributed by atoms with E-state index in [9.17, 15) is 19.5 Å². The number of benzene rings is 4. The molecule has 0 saturated carbocycles. The van der Waals surface area contributed by atoms with Gasteiger partial charge in [-0.3, -0.25) is 9.59 Å². The molecule has 238 valence electrons. The van der Waals surface area contributed by atoms with Gasteiger partial charge in [-0.2, -0.15) is 0 Å². The third-order valence-corrected chi connectivity index (χ3v) is 7.26. The Bertz CT molecular complexity index is 1760. The fraction of sp³-hybridized carbons (Fsp3) is 0.289. The van der Waals surface area contributed by atoms with Crippen molar-refractivity contribution in [2.75, 3.05) is 5.32 Å². The number of nitrogens with zero attached hydrogens (tertiary/aromatic N) is 1. The Balaban J connectivity index is 1.81. The number of phenolic OH excluding ortho intramolecular Hbond substituents is 1.